The molecule has 1 N–H and O–H groups in total. The third kappa shape index (κ3) is 2.32. The number of aliphatic hydroxyl groups is 1. The van der Waals surface area contributed by atoms with Gasteiger partial charge in [-0.25, -0.2) is 0 Å². The molecule has 0 radical (unpaired) electrons. The highest BCUT2D eigenvalue weighted by Crippen LogP contribution is 2.09. The van der Waals surface area contributed by atoms with Crippen molar-refractivity contribution in [3.63, 3.8) is 0 Å². The lowest BCUT2D eigenvalue weighted by atomic mass is 10.4. The molecule has 0 bridgehead atoms. The average Bonchev–Trinajstić information content (AvgIpc) is 2.80. The molecule has 2 aromatic rings. The van der Waals surface area contributed by atoms with Crippen molar-refractivity contribution >= 4 is 0 Å². The zero-order valence-corrected chi connectivity index (χ0v) is 8.38. The van der Waals surface area contributed by atoms with Gasteiger partial charge in [0, 0.05) is 6.07 Å². The van der Waals surface area contributed by atoms with E-state index in [0.29, 0.717) is 5.76 Å². The van der Waals surface area contributed by atoms with Crippen LogP contribution in [0.4, 0.5) is 0 Å². The van der Waals surface area contributed by atoms with Gasteiger partial charge in [-0.2, -0.15) is 0 Å². The first-order chi connectivity index (χ1) is 7.79. The minimum atomic E-state index is -0.332. The normalized spacial score (nSPS) is 10.3. The van der Waals surface area contributed by atoms with E-state index in [1.165, 1.54) is 18.6 Å². The molecule has 84 valence electrons. The summed E-state index contributed by atoms with van der Waals surface area (Å²) in [5.74, 6) is 0.912. The molecule has 2 heterocycles. The van der Waals surface area contributed by atoms with E-state index >= 15 is 0 Å². The molecule has 0 aliphatic carbocycles. The fourth-order valence-corrected chi connectivity index (χ4v) is 1.17. The van der Waals surface area contributed by atoms with Gasteiger partial charge in [-0.3, -0.25) is 4.79 Å². The Morgan fingerprint density at radius 2 is 2.19 bits per heavy atom. The van der Waals surface area contributed by atoms with Crippen LogP contribution in [-0.4, -0.2) is 5.11 Å². The van der Waals surface area contributed by atoms with Crippen LogP contribution in [0.15, 0.2) is 44.4 Å². The standard InChI is InChI=1S/C11H10O5/c12-5-9-4-10(13)11(7-15-9)16-6-8-2-1-3-14-8/h1-4,7,12H,5-6H2. The number of furan rings is 1. The Kier molecular flexibility index (Phi) is 3.07. The molecule has 2 rings (SSSR count). The SMILES string of the molecule is O=c1cc(CO)occ1OCc1ccco1. The Balaban J connectivity index is 2.07. The predicted octanol–water partition coefficient (Wildman–Crippen LogP) is 1.30. The van der Waals surface area contributed by atoms with E-state index in [0.717, 1.165) is 0 Å². The number of aliphatic hydroxyl groups excluding tert-OH is 1. The van der Waals surface area contributed by atoms with Crippen molar-refractivity contribution < 1.29 is 18.7 Å². The maximum Gasteiger partial charge on any atom is 0.227 e. The number of hydrogen-bond acceptors (Lipinski definition) is 5. The van der Waals surface area contributed by atoms with Crippen molar-refractivity contribution in [2.45, 2.75) is 13.2 Å². The van der Waals surface area contributed by atoms with Crippen molar-refractivity contribution in [3.8, 4) is 5.75 Å². The maximum absolute atomic E-state index is 11.4. The zero-order chi connectivity index (χ0) is 11.4. The maximum atomic E-state index is 11.4. The van der Waals surface area contributed by atoms with Gasteiger partial charge in [0.15, 0.2) is 0 Å². The molecule has 2 aromatic heterocycles. The Morgan fingerprint density at radius 3 is 2.81 bits per heavy atom. The van der Waals surface area contributed by atoms with Gasteiger partial charge >= 0.3 is 0 Å². The monoisotopic (exact) mass is 222 g/mol. The Morgan fingerprint density at radius 1 is 1.31 bits per heavy atom. The first kappa shape index (κ1) is 10.5. The molecule has 0 aliphatic heterocycles. The van der Waals surface area contributed by atoms with Crippen molar-refractivity contribution in [3.05, 3.63) is 52.5 Å². The summed E-state index contributed by atoms with van der Waals surface area (Å²) in [6.45, 7) is -0.149. The molecular weight excluding hydrogens is 212 g/mol. The van der Waals surface area contributed by atoms with Crippen molar-refractivity contribution in [2.24, 2.45) is 0 Å². The molecule has 0 atom stereocenters. The van der Waals surface area contributed by atoms with Gasteiger partial charge in [0.1, 0.15) is 31.0 Å². The molecule has 0 spiro atoms. The molecule has 0 saturated heterocycles. The third-order valence-electron chi connectivity index (χ3n) is 1.96. The lowest BCUT2D eigenvalue weighted by Crippen LogP contribution is -2.07. The van der Waals surface area contributed by atoms with Crippen molar-refractivity contribution in [1.82, 2.24) is 0 Å². The summed E-state index contributed by atoms with van der Waals surface area (Å²) in [6.07, 6.45) is 2.70. The molecule has 16 heavy (non-hydrogen) atoms. The van der Waals surface area contributed by atoms with Gasteiger partial charge in [0.2, 0.25) is 11.2 Å². The summed E-state index contributed by atoms with van der Waals surface area (Å²) < 4.78 is 15.2. The molecule has 0 amide bonds. The van der Waals surface area contributed by atoms with E-state index in [1.54, 1.807) is 12.1 Å². The molecule has 0 aromatic carbocycles. The van der Waals surface area contributed by atoms with Crippen LogP contribution < -0.4 is 10.2 Å². The van der Waals surface area contributed by atoms with E-state index in [1.807, 2.05) is 0 Å². The van der Waals surface area contributed by atoms with Crippen LogP contribution in [0, 0.1) is 0 Å². The van der Waals surface area contributed by atoms with Crippen LogP contribution >= 0.6 is 0 Å². The van der Waals surface area contributed by atoms with Crippen molar-refractivity contribution in [1.29, 1.82) is 0 Å². The molecule has 0 aliphatic rings. The fraction of sp³-hybridized carbons (Fsp3) is 0.182. The highest BCUT2D eigenvalue weighted by molar-refractivity contribution is 5.17. The van der Waals surface area contributed by atoms with Gasteiger partial charge in [0.05, 0.1) is 6.26 Å². The van der Waals surface area contributed by atoms with Crippen molar-refractivity contribution in [2.75, 3.05) is 0 Å². The quantitative estimate of drug-likeness (QED) is 0.844. The number of hydrogen-bond donors (Lipinski definition) is 1. The highest BCUT2D eigenvalue weighted by Gasteiger charge is 2.05. The Labute approximate surface area is 90.9 Å². The van der Waals surface area contributed by atoms with Gasteiger partial charge in [0.25, 0.3) is 0 Å². The van der Waals surface area contributed by atoms with Crippen LogP contribution in [-0.2, 0) is 13.2 Å². The second-order valence-electron chi connectivity index (χ2n) is 3.10. The average molecular weight is 222 g/mol. The second kappa shape index (κ2) is 4.67. The second-order valence-corrected chi connectivity index (χ2v) is 3.10. The Hall–Kier alpha value is -2.01. The molecule has 0 saturated carbocycles. The number of rotatable bonds is 4. The summed E-state index contributed by atoms with van der Waals surface area (Å²) in [5, 5.41) is 8.74. The summed E-state index contributed by atoms with van der Waals surface area (Å²) >= 11 is 0. The Bertz CT molecular complexity index is 497. The smallest absolute Gasteiger partial charge is 0.227 e. The van der Waals surface area contributed by atoms with E-state index in [-0.39, 0.29) is 30.2 Å². The first-order valence-electron chi connectivity index (χ1n) is 4.67. The van der Waals surface area contributed by atoms with Crippen LogP contribution in [0.5, 0.6) is 5.75 Å². The summed E-state index contributed by atoms with van der Waals surface area (Å²) in [4.78, 5) is 11.4. The topological polar surface area (TPSA) is 72.8 Å². The van der Waals surface area contributed by atoms with Crippen LogP contribution in [0.2, 0.25) is 0 Å². The zero-order valence-electron chi connectivity index (χ0n) is 8.38. The van der Waals surface area contributed by atoms with Gasteiger partial charge in [-0.05, 0) is 12.1 Å². The van der Waals surface area contributed by atoms with Gasteiger partial charge < -0.3 is 18.7 Å². The van der Waals surface area contributed by atoms with Crippen LogP contribution in [0.3, 0.4) is 0 Å². The summed E-state index contributed by atoms with van der Waals surface area (Å²) in [5.41, 5.74) is -0.332. The predicted molar refractivity (Wildman–Crippen MR) is 53.9 cm³/mol. The largest absolute Gasteiger partial charge is 0.479 e. The fourth-order valence-electron chi connectivity index (χ4n) is 1.17. The van der Waals surface area contributed by atoms with Gasteiger partial charge in [-0.1, -0.05) is 0 Å². The summed E-state index contributed by atoms with van der Waals surface area (Å²) in [6, 6.07) is 4.66. The molecule has 5 nitrogen and oxygen atoms in total. The van der Waals surface area contributed by atoms with E-state index in [2.05, 4.69) is 0 Å². The van der Waals surface area contributed by atoms with E-state index in [9.17, 15) is 4.79 Å². The summed E-state index contributed by atoms with van der Waals surface area (Å²) in [7, 11) is 0. The van der Waals surface area contributed by atoms with Crippen LogP contribution in [0.25, 0.3) is 0 Å². The molecule has 5 heteroatoms. The lowest BCUT2D eigenvalue weighted by molar-refractivity contribution is 0.231. The third-order valence-corrected chi connectivity index (χ3v) is 1.96. The molecular formula is C11H10O5. The lowest BCUT2D eigenvalue weighted by Gasteiger charge is -2.02. The minimum Gasteiger partial charge on any atom is -0.479 e. The van der Waals surface area contributed by atoms with Crippen LogP contribution in [0.1, 0.15) is 11.5 Å². The minimum absolute atomic E-state index is 0.0913. The first-order valence-corrected chi connectivity index (χ1v) is 4.67. The molecule has 0 fully saturated rings. The highest BCUT2D eigenvalue weighted by atomic mass is 16.5. The molecule has 0 unspecified atom stereocenters. The van der Waals surface area contributed by atoms with E-state index in [4.69, 9.17) is 18.7 Å². The number of ether oxygens (including phenoxy) is 1. The van der Waals surface area contributed by atoms with Gasteiger partial charge in [-0.15, -0.1) is 0 Å². The van der Waals surface area contributed by atoms with E-state index < -0.39 is 0 Å².